The molecule has 0 saturated carbocycles. The molecule has 1 amide bonds. The molecule has 2 aromatic carbocycles. The number of anilines is 3. The summed E-state index contributed by atoms with van der Waals surface area (Å²) in [6.07, 6.45) is 0.355. The average molecular weight is 412 g/mol. The minimum absolute atomic E-state index is 0.113. The molecule has 2 aromatic rings. The van der Waals surface area contributed by atoms with E-state index in [0.717, 1.165) is 43.3 Å². The first-order chi connectivity index (χ1) is 14.4. The summed E-state index contributed by atoms with van der Waals surface area (Å²) in [5, 5.41) is 12.4. The number of nitrogens with zero attached hydrogens (tertiary/aromatic N) is 2. The maximum absolute atomic E-state index is 12.1. The lowest BCUT2D eigenvalue weighted by Gasteiger charge is -2.37. The van der Waals surface area contributed by atoms with Gasteiger partial charge in [0.2, 0.25) is 5.91 Å². The summed E-state index contributed by atoms with van der Waals surface area (Å²) in [6, 6.07) is 13.2. The first-order valence-corrected chi connectivity index (χ1v) is 10.2. The zero-order chi connectivity index (χ0) is 21.7. The molecule has 0 spiro atoms. The lowest BCUT2D eigenvalue weighted by Crippen LogP contribution is -2.46. The van der Waals surface area contributed by atoms with Gasteiger partial charge >= 0.3 is 5.97 Å². The van der Waals surface area contributed by atoms with Gasteiger partial charge in [-0.25, -0.2) is 4.79 Å². The molecular weight excluding hydrogens is 382 g/mol. The molecule has 1 fully saturated rings. The molecule has 7 nitrogen and oxygen atoms in total. The number of amides is 1. The normalized spacial score (nSPS) is 14.0. The number of carboxylic acid groups (broad SMARTS) is 1. The molecule has 1 aliphatic rings. The maximum Gasteiger partial charge on any atom is 0.337 e. The highest BCUT2D eigenvalue weighted by atomic mass is 16.5. The fraction of sp³-hybridized carbons (Fsp3) is 0.391. The van der Waals surface area contributed by atoms with Crippen LogP contribution in [0.15, 0.2) is 42.5 Å². The Labute approximate surface area is 177 Å². The van der Waals surface area contributed by atoms with Crippen molar-refractivity contribution in [1.82, 2.24) is 0 Å². The predicted octanol–water partition coefficient (Wildman–Crippen LogP) is 3.70. The Balaban J connectivity index is 1.68. The second-order valence-electron chi connectivity index (χ2n) is 7.85. The minimum Gasteiger partial charge on any atom is -0.497 e. The molecule has 1 heterocycles. The summed E-state index contributed by atoms with van der Waals surface area (Å²) in [4.78, 5) is 28.3. The quantitative estimate of drug-likeness (QED) is 0.723. The molecule has 1 aliphatic heterocycles. The number of aromatic carboxylic acids is 1. The van der Waals surface area contributed by atoms with Crippen LogP contribution in [-0.4, -0.2) is 50.3 Å². The number of methoxy groups -OCH3 is 1. The van der Waals surface area contributed by atoms with Gasteiger partial charge in [-0.3, -0.25) is 4.79 Å². The number of hydrogen-bond donors (Lipinski definition) is 2. The van der Waals surface area contributed by atoms with E-state index in [0.29, 0.717) is 12.1 Å². The van der Waals surface area contributed by atoms with Crippen molar-refractivity contribution < 1.29 is 19.4 Å². The van der Waals surface area contributed by atoms with Crippen molar-refractivity contribution in [2.45, 2.75) is 20.3 Å². The average Bonchev–Trinajstić information content (AvgIpc) is 2.73. The molecule has 0 atom stereocenters. The molecular formula is C23H29N3O4. The van der Waals surface area contributed by atoms with Crippen molar-refractivity contribution in [1.29, 1.82) is 0 Å². The third-order valence-corrected chi connectivity index (χ3v) is 5.18. The molecule has 30 heavy (non-hydrogen) atoms. The Morgan fingerprint density at radius 1 is 1.00 bits per heavy atom. The molecule has 0 aliphatic carbocycles. The third-order valence-electron chi connectivity index (χ3n) is 5.18. The summed E-state index contributed by atoms with van der Waals surface area (Å²) in [5.74, 6) is -0.180. The summed E-state index contributed by atoms with van der Waals surface area (Å²) >= 11 is 0. The number of hydrogen-bond acceptors (Lipinski definition) is 5. The minimum atomic E-state index is -1.05. The van der Waals surface area contributed by atoms with E-state index in [1.54, 1.807) is 19.2 Å². The van der Waals surface area contributed by atoms with Gasteiger partial charge in [0.25, 0.3) is 0 Å². The fourth-order valence-corrected chi connectivity index (χ4v) is 3.60. The zero-order valence-corrected chi connectivity index (χ0v) is 17.7. The van der Waals surface area contributed by atoms with Gasteiger partial charge in [0.1, 0.15) is 5.75 Å². The summed E-state index contributed by atoms with van der Waals surface area (Å²) in [6.45, 7) is 7.14. The fourth-order valence-electron chi connectivity index (χ4n) is 3.60. The third kappa shape index (κ3) is 5.23. The number of carbonyl (C=O) groups excluding carboxylic acids is 1. The molecule has 7 heteroatoms. The molecule has 0 radical (unpaired) electrons. The number of carboxylic acids is 1. The van der Waals surface area contributed by atoms with Crippen molar-refractivity contribution in [2.75, 3.05) is 48.4 Å². The molecule has 3 rings (SSSR count). The van der Waals surface area contributed by atoms with Crippen molar-refractivity contribution >= 4 is 28.9 Å². The second kappa shape index (κ2) is 9.52. The maximum atomic E-state index is 12.1. The monoisotopic (exact) mass is 411 g/mol. The van der Waals surface area contributed by atoms with Gasteiger partial charge in [-0.05, 0) is 48.4 Å². The number of carbonyl (C=O) groups is 2. The van der Waals surface area contributed by atoms with Crippen molar-refractivity contribution in [3.63, 3.8) is 0 Å². The number of nitrogens with one attached hydrogen (secondary N) is 1. The van der Waals surface area contributed by atoms with E-state index in [2.05, 4.69) is 15.1 Å². The first-order valence-electron chi connectivity index (χ1n) is 10.2. The van der Waals surface area contributed by atoms with Gasteiger partial charge in [-0.2, -0.15) is 0 Å². The standard InChI is InChI=1S/C23H29N3O4/c1-16(2)14-22(27)24-21-9-6-18(15-20(21)23(28)29)26-12-10-25(11-13-26)17-4-7-19(30-3)8-5-17/h4-9,15-16H,10-14H2,1-3H3,(H,24,27)(H,28,29). The van der Waals surface area contributed by atoms with Crippen LogP contribution < -0.4 is 19.9 Å². The second-order valence-corrected chi connectivity index (χ2v) is 7.85. The topological polar surface area (TPSA) is 82.1 Å². The van der Waals surface area contributed by atoms with Crippen LogP contribution in [0.5, 0.6) is 5.75 Å². The van der Waals surface area contributed by atoms with Gasteiger partial charge < -0.3 is 25.0 Å². The van der Waals surface area contributed by atoms with E-state index in [9.17, 15) is 14.7 Å². The largest absolute Gasteiger partial charge is 0.497 e. The molecule has 0 unspecified atom stereocenters. The molecule has 2 N–H and O–H groups in total. The van der Waals surface area contributed by atoms with Crippen LogP contribution in [0.1, 0.15) is 30.6 Å². The van der Waals surface area contributed by atoms with Crippen molar-refractivity contribution in [3.05, 3.63) is 48.0 Å². The SMILES string of the molecule is COc1ccc(N2CCN(c3ccc(NC(=O)CC(C)C)c(C(=O)O)c3)CC2)cc1. The highest BCUT2D eigenvalue weighted by Crippen LogP contribution is 2.27. The van der Waals surface area contributed by atoms with Crippen LogP contribution in [0.25, 0.3) is 0 Å². The summed E-state index contributed by atoms with van der Waals surface area (Å²) < 4.78 is 5.21. The summed E-state index contributed by atoms with van der Waals surface area (Å²) in [5.41, 5.74) is 2.45. The van der Waals surface area contributed by atoms with E-state index in [1.165, 1.54) is 0 Å². The van der Waals surface area contributed by atoms with Crippen LogP contribution in [0.4, 0.5) is 17.1 Å². The van der Waals surface area contributed by atoms with Gasteiger partial charge in [0.05, 0.1) is 18.4 Å². The van der Waals surface area contributed by atoms with E-state index in [1.807, 2.05) is 44.2 Å². The van der Waals surface area contributed by atoms with Crippen LogP contribution in [0.3, 0.4) is 0 Å². The first kappa shape index (κ1) is 21.5. The highest BCUT2D eigenvalue weighted by molar-refractivity contribution is 6.01. The highest BCUT2D eigenvalue weighted by Gasteiger charge is 2.20. The lowest BCUT2D eigenvalue weighted by molar-refractivity contribution is -0.116. The summed E-state index contributed by atoms with van der Waals surface area (Å²) in [7, 11) is 1.65. The lowest BCUT2D eigenvalue weighted by atomic mass is 10.1. The van der Waals surface area contributed by atoms with Crippen LogP contribution in [-0.2, 0) is 4.79 Å². The van der Waals surface area contributed by atoms with Gasteiger partial charge in [0.15, 0.2) is 0 Å². The molecule has 0 bridgehead atoms. The Hall–Kier alpha value is -3.22. The zero-order valence-electron chi connectivity index (χ0n) is 17.7. The Kier molecular flexibility index (Phi) is 6.82. The van der Waals surface area contributed by atoms with Crippen molar-refractivity contribution in [2.24, 2.45) is 5.92 Å². The predicted molar refractivity (Wildman–Crippen MR) is 119 cm³/mol. The Morgan fingerprint density at radius 3 is 2.10 bits per heavy atom. The van der Waals surface area contributed by atoms with Gasteiger partial charge in [-0.1, -0.05) is 13.8 Å². The van der Waals surface area contributed by atoms with E-state index >= 15 is 0 Å². The number of rotatable bonds is 7. The number of piperazine rings is 1. The number of benzene rings is 2. The Morgan fingerprint density at radius 2 is 1.57 bits per heavy atom. The van der Waals surface area contributed by atoms with E-state index < -0.39 is 5.97 Å². The van der Waals surface area contributed by atoms with Gasteiger partial charge in [-0.15, -0.1) is 0 Å². The van der Waals surface area contributed by atoms with E-state index in [4.69, 9.17) is 4.74 Å². The van der Waals surface area contributed by atoms with Gasteiger partial charge in [0, 0.05) is 44.0 Å². The van der Waals surface area contributed by atoms with Crippen LogP contribution >= 0.6 is 0 Å². The van der Waals surface area contributed by atoms with E-state index in [-0.39, 0.29) is 17.4 Å². The van der Waals surface area contributed by atoms with Crippen LogP contribution in [0.2, 0.25) is 0 Å². The smallest absolute Gasteiger partial charge is 0.337 e. The molecule has 1 saturated heterocycles. The van der Waals surface area contributed by atoms with Crippen LogP contribution in [0, 0.1) is 5.92 Å². The van der Waals surface area contributed by atoms with Crippen molar-refractivity contribution in [3.8, 4) is 5.75 Å². The molecule has 0 aromatic heterocycles. The Bertz CT molecular complexity index is 888. The number of ether oxygens (including phenoxy) is 1. The molecule has 160 valence electrons.